The highest BCUT2D eigenvalue weighted by Crippen LogP contribution is 2.14. The first-order valence-corrected chi connectivity index (χ1v) is 4.63. The summed E-state index contributed by atoms with van der Waals surface area (Å²) >= 11 is 1.64. The number of thioether (sulfide) groups is 1. The van der Waals surface area contributed by atoms with Gasteiger partial charge < -0.3 is 5.11 Å². The highest BCUT2D eigenvalue weighted by Gasteiger charge is 1.90. The summed E-state index contributed by atoms with van der Waals surface area (Å²) in [6, 6.07) is 7.54. The van der Waals surface area contributed by atoms with Crippen LogP contribution in [-0.4, -0.2) is 24.8 Å². The van der Waals surface area contributed by atoms with E-state index in [0.29, 0.717) is 0 Å². The zero-order valence-electron chi connectivity index (χ0n) is 7.15. The lowest BCUT2D eigenvalue weighted by atomic mass is 10.2. The topological polar surface area (TPSA) is 37.3 Å². The van der Waals surface area contributed by atoms with E-state index in [1.807, 2.05) is 24.5 Å². The fourth-order valence-corrected chi connectivity index (χ4v) is 1.18. The van der Waals surface area contributed by atoms with Crippen molar-refractivity contribution in [3.05, 3.63) is 29.8 Å². The van der Waals surface area contributed by atoms with Gasteiger partial charge in [0.25, 0.3) is 0 Å². The molecule has 0 bridgehead atoms. The molecule has 1 N–H and O–H groups in total. The van der Waals surface area contributed by atoms with E-state index in [4.69, 9.17) is 5.11 Å². The molecule has 0 aromatic heterocycles. The van der Waals surface area contributed by atoms with Gasteiger partial charge in [0.05, 0.1) is 0 Å². The van der Waals surface area contributed by atoms with E-state index in [1.54, 1.807) is 17.8 Å². The van der Waals surface area contributed by atoms with E-state index in [0.717, 1.165) is 23.9 Å². The monoisotopic (exact) mass is 184 g/mol. The molecule has 3 heteroatoms. The summed E-state index contributed by atoms with van der Waals surface area (Å²) in [6.07, 6.45) is 2.85. The maximum Gasteiger partial charge on any atom is 0.150 e. The van der Waals surface area contributed by atoms with E-state index < -0.39 is 0 Å². The van der Waals surface area contributed by atoms with Gasteiger partial charge in [-0.25, -0.2) is 0 Å². The van der Waals surface area contributed by atoms with Crippen molar-refractivity contribution in [3.63, 3.8) is 0 Å². The number of benzene rings is 1. The molecule has 0 saturated heterocycles. The number of carbonyl (C=O) groups excluding carboxylic acids is 1. The van der Waals surface area contributed by atoms with Crippen LogP contribution in [0.1, 0.15) is 10.4 Å². The molecule has 0 fully saturated rings. The number of carbonyl (C=O) groups is 1. The third-order valence-electron chi connectivity index (χ3n) is 1.23. The highest BCUT2D eigenvalue weighted by atomic mass is 32.2. The van der Waals surface area contributed by atoms with Crippen molar-refractivity contribution in [2.45, 2.75) is 4.90 Å². The molecule has 12 heavy (non-hydrogen) atoms. The molecule has 0 spiro atoms. The summed E-state index contributed by atoms with van der Waals surface area (Å²) in [5, 5.41) is 7.00. The van der Waals surface area contributed by atoms with Crippen LogP contribution in [0.4, 0.5) is 0 Å². The van der Waals surface area contributed by atoms with Crippen LogP contribution in [0.5, 0.6) is 0 Å². The number of aliphatic hydroxyl groups is 1. The quantitative estimate of drug-likeness (QED) is 0.563. The zero-order chi connectivity index (χ0) is 9.40. The number of aldehydes is 1. The average molecular weight is 184 g/mol. The Hall–Kier alpha value is -0.800. The molecule has 0 aliphatic carbocycles. The van der Waals surface area contributed by atoms with Gasteiger partial charge >= 0.3 is 0 Å². The molecule has 0 radical (unpaired) electrons. The molecule has 0 atom stereocenters. The van der Waals surface area contributed by atoms with Crippen LogP contribution in [0.15, 0.2) is 29.2 Å². The third-order valence-corrected chi connectivity index (χ3v) is 1.96. The third kappa shape index (κ3) is 3.55. The van der Waals surface area contributed by atoms with E-state index >= 15 is 0 Å². The minimum Gasteiger partial charge on any atom is -0.400 e. The van der Waals surface area contributed by atoms with Gasteiger partial charge in [-0.3, -0.25) is 4.79 Å². The molecule has 66 valence electrons. The molecule has 0 heterocycles. The molecule has 1 rings (SSSR count). The van der Waals surface area contributed by atoms with Gasteiger partial charge in [0.15, 0.2) is 0 Å². The predicted molar refractivity (Wildman–Crippen MR) is 51.8 cm³/mol. The van der Waals surface area contributed by atoms with E-state index in [1.165, 1.54) is 0 Å². The van der Waals surface area contributed by atoms with Crippen molar-refractivity contribution in [1.29, 1.82) is 0 Å². The second-order valence-corrected chi connectivity index (χ2v) is 2.77. The standard InChI is InChI=1S/C8H8OS.CH4O/c1-10-8-4-2-3-7(5-8)6-9;1-2/h2-6H,1H3;2H,1H3. The van der Waals surface area contributed by atoms with Crippen molar-refractivity contribution in [2.75, 3.05) is 13.4 Å². The number of hydrogen-bond donors (Lipinski definition) is 1. The second-order valence-electron chi connectivity index (χ2n) is 1.89. The Kier molecular flexibility index (Phi) is 6.42. The second kappa shape index (κ2) is 6.88. The molecule has 0 aliphatic heterocycles. The minimum atomic E-state index is 0.742. The molecule has 0 amide bonds. The summed E-state index contributed by atoms with van der Waals surface area (Å²) in [7, 11) is 1.00. The van der Waals surface area contributed by atoms with Crippen molar-refractivity contribution in [3.8, 4) is 0 Å². The molecular weight excluding hydrogens is 172 g/mol. The largest absolute Gasteiger partial charge is 0.400 e. The first-order valence-electron chi connectivity index (χ1n) is 3.41. The Labute approximate surface area is 76.6 Å². The summed E-state index contributed by atoms with van der Waals surface area (Å²) < 4.78 is 0. The number of hydrogen-bond acceptors (Lipinski definition) is 3. The summed E-state index contributed by atoms with van der Waals surface area (Å²) in [5.74, 6) is 0. The van der Waals surface area contributed by atoms with E-state index in [2.05, 4.69) is 0 Å². The average Bonchev–Trinajstić information content (AvgIpc) is 2.21. The molecule has 0 saturated carbocycles. The minimum absolute atomic E-state index is 0.742. The van der Waals surface area contributed by atoms with Crippen molar-refractivity contribution in [1.82, 2.24) is 0 Å². The number of aliphatic hydroxyl groups excluding tert-OH is 1. The summed E-state index contributed by atoms with van der Waals surface area (Å²) in [6.45, 7) is 0. The van der Waals surface area contributed by atoms with Crippen LogP contribution in [-0.2, 0) is 0 Å². The maximum absolute atomic E-state index is 10.3. The summed E-state index contributed by atoms with van der Waals surface area (Å²) in [4.78, 5) is 11.4. The fraction of sp³-hybridized carbons (Fsp3) is 0.222. The predicted octanol–water partition coefficient (Wildman–Crippen LogP) is 1.83. The van der Waals surface area contributed by atoms with Gasteiger partial charge in [-0.1, -0.05) is 12.1 Å². The zero-order valence-corrected chi connectivity index (χ0v) is 7.97. The van der Waals surface area contributed by atoms with Gasteiger partial charge in [-0.05, 0) is 18.4 Å². The van der Waals surface area contributed by atoms with Gasteiger partial charge in [-0.2, -0.15) is 0 Å². The molecular formula is C9H12O2S. The summed E-state index contributed by atoms with van der Waals surface area (Å²) in [5.41, 5.74) is 0.742. The first-order chi connectivity index (χ1) is 5.86. The van der Waals surface area contributed by atoms with Crippen LogP contribution in [0.3, 0.4) is 0 Å². The van der Waals surface area contributed by atoms with Gasteiger partial charge in [-0.15, -0.1) is 11.8 Å². The van der Waals surface area contributed by atoms with Gasteiger partial charge in [0, 0.05) is 17.6 Å². The van der Waals surface area contributed by atoms with Crippen LogP contribution in [0.25, 0.3) is 0 Å². The number of rotatable bonds is 2. The van der Waals surface area contributed by atoms with Crippen LogP contribution in [0, 0.1) is 0 Å². The highest BCUT2D eigenvalue weighted by molar-refractivity contribution is 7.98. The van der Waals surface area contributed by atoms with Crippen molar-refractivity contribution < 1.29 is 9.90 Å². The van der Waals surface area contributed by atoms with E-state index in [9.17, 15) is 4.79 Å². The molecule has 2 nitrogen and oxygen atoms in total. The Bertz CT molecular complexity index is 236. The Morgan fingerprint density at radius 3 is 2.58 bits per heavy atom. The van der Waals surface area contributed by atoms with Gasteiger partial charge in [0.1, 0.15) is 6.29 Å². The smallest absolute Gasteiger partial charge is 0.150 e. The van der Waals surface area contributed by atoms with Gasteiger partial charge in [0.2, 0.25) is 0 Å². The lowest BCUT2D eigenvalue weighted by Gasteiger charge is -1.94. The van der Waals surface area contributed by atoms with Crippen molar-refractivity contribution in [2.24, 2.45) is 0 Å². The van der Waals surface area contributed by atoms with E-state index in [-0.39, 0.29) is 0 Å². The Morgan fingerprint density at radius 1 is 1.42 bits per heavy atom. The lowest BCUT2D eigenvalue weighted by molar-refractivity contribution is 0.112. The SMILES string of the molecule is CO.CSc1cccc(C=O)c1. The molecule has 0 unspecified atom stereocenters. The van der Waals surface area contributed by atoms with Crippen molar-refractivity contribution >= 4 is 18.0 Å². The fourth-order valence-electron chi connectivity index (χ4n) is 0.715. The van der Waals surface area contributed by atoms with Crippen LogP contribution >= 0.6 is 11.8 Å². The maximum atomic E-state index is 10.3. The molecule has 1 aromatic rings. The molecule has 1 aromatic carbocycles. The van der Waals surface area contributed by atoms with Crippen LogP contribution < -0.4 is 0 Å². The molecule has 0 aliphatic rings. The lowest BCUT2D eigenvalue weighted by Crippen LogP contribution is -1.77. The Balaban J connectivity index is 0.000000561. The normalized spacial score (nSPS) is 8.25. The first kappa shape index (κ1) is 11.2. The Morgan fingerprint density at radius 2 is 2.08 bits per heavy atom. The van der Waals surface area contributed by atoms with Crippen LogP contribution in [0.2, 0.25) is 0 Å².